The van der Waals surface area contributed by atoms with Gasteiger partial charge in [0.15, 0.2) is 0 Å². The average Bonchev–Trinajstić information content (AvgIpc) is 2.67. The third-order valence-corrected chi connectivity index (χ3v) is 5.19. The van der Waals surface area contributed by atoms with E-state index in [9.17, 15) is 8.78 Å². The summed E-state index contributed by atoms with van der Waals surface area (Å²) in [7, 11) is 0. The first-order valence-electron chi connectivity index (χ1n) is 9.19. The molecule has 0 amide bonds. The van der Waals surface area contributed by atoms with Crippen molar-refractivity contribution in [2.75, 3.05) is 18.1 Å². The van der Waals surface area contributed by atoms with Crippen LogP contribution in [0.15, 0.2) is 36.4 Å². The van der Waals surface area contributed by atoms with Gasteiger partial charge < -0.3 is 4.90 Å². The van der Waals surface area contributed by atoms with Crippen molar-refractivity contribution in [3.8, 4) is 6.07 Å². The molecule has 28 heavy (non-hydrogen) atoms. The van der Waals surface area contributed by atoms with E-state index in [0.717, 1.165) is 18.2 Å². The Balaban J connectivity index is 1.96. The van der Waals surface area contributed by atoms with Crippen LogP contribution in [-0.2, 0) is 11.4 Å². The standard InChI is InChI=1S/C21H22ClF2N3O/c1-14(2)27-13-19(7-8-28-27)26(12-16-3-5-17(23)9-21(16)24)18-6-4-15(11-25)20(22)10-18/h3-6,9-10,14,19H,7-8,12-13H2,1-2H3/t19-/m0/s1. The second kappa shape index (κ2) is 8.87. The highest BCUT2D eigenvalue weighted by Crippen LogP contribution is 2.29. The lowest BCUT2D eigenvalue weighted by Crippen LogP contribution is -2.50. The van der Waals surface area contributed by atoms with Crippen LogP contribution >= 0.6 is 11.6 Å². The van der Waals surface area contributed by atoms with Gasteiger partial charge in [0.1, 0.15) is 17.7 Å². The lowest BCUT2D eigenvalue weighted by molar-refractivity contribution is -0.203. The number of hydrogen-bond donors (Lipinski definition) is 0. The maximum Gasteiger partial charge on any atom is 0.131 e. The highest BCUT2D eigenvalue weighted by atomic mass is 35.5. The summed E-state index contributed by atoms with van der Waals surface area (Å²) in [5.74, 6) is -1.19. The molecular weight excluding hydrogens is 384 g/mol. The maximum absolute atomic E-state index is 14.3. The molecule has 7 heteroatoms. The number of rotatable bonds is 5. The van der Waals surface area contributed by atoms with E-state index in [2.05, 4.69) is 0 Å². The summed E-state index contributed by atoms with van der Waals surface area (Å²) in [5, 5.41) is 11.4. The fourth-order valence-corrected chi connectivity index (χ4v) is 3.53. The van der Waals surface area contributed by atoms with E-state index in [1.807, 2.05) is 29.9 Å². The molecule has 0 aliphatic carbocycles. The molecule has 0 N–H and O–H groups in total. The summed E-state index contributed by atoms with van der Waals surface area (Å²) in [5.41, 5.74) is 1.56. The monoisotopic (exact) mass is 405 g/mol. The average molecular weight is 406 g/mol. The lowest BCUT2D eigenvalue weighted by Gasteiger charge is -2.41. The van der Waals surface area contributed by atoms with E-state index in [4.69, 9.17) is 21.7 Å². The summed E-state index contributed by atoms with van der Waals surface area (Å²) in [6, 6.07) is 11.1. The van der Waals surface area contributed by atoms with Crippen molar-refractivity contribution < 1.29 is 13.6 Å². The van der Waals surface area contributed by atoms with Crippen molar-refractivity contribution in [3.05, 3.63) is 64.2 Å². The second-order valence-electron chi connectivity index (χ2n) is 7.11. The minimum atomic E-state index is -0.605. The Hall–Kier alpha value is -2.20. The van der Waals surface area contributed by atoms with Crippen molar-refractivity contribution in [1.82, 2.24) is 5.06 Å². The molecule has 1 saturated heterocycles. The van der Waals surface area contributed by atoms with Gasteiger partial charge in [-0.2, -0.15) is 10.3 Å². The van der Waals surface area contributed by atoms with Crippen LogP contribution in [0.5, 0.6) is 0 Å². The second-order valence-corrected chi connectivity index (χ2v) is 7.52. The number of anilines is 1. The SMILES string of the molecule is CC(C)N1C[C@@H](N(Cc2ccc(F)cc2F)c2ccc(C#N)c(Cl)c2)CCO1. The molecule has 2 aromatic carbocycles. The first kappa shape index (κ1) is 20.5. The number of nitriles is 1. The Bertz CT molecular complexity index is 884. The molecule has 0 unspecified atom stereocenters. The normalized spacial score (nSPS) is 17.5. The Morgan fingerprint density at radius 1 is 1.29 bits per heavy atom. The summed E-state index contributed by atoms with van der Waals surface area (Å²) in [4.78, 5) is 7.76. The minimum Gasteiger partial charge on any atom is -0.363 e. The Labute approximate surface area is 168 Å². The van der Waals surface area contributed by atoms with E-state index >= 15 is 0 Å². The molecule has 1 heterocycles. The third-order valence-electron chi connectivity index (χ3n) is 4.88. The zero-order valence-electron chi connectivity index (χ0n) is 15.8. The van der Waals surface area contributed by atoms with Gasteiger partial charge in [-0.05, 0) is 44.5 Å². The first-order valence-corrected chi connectivity index (χ1v) is 9.56. The molecule has 3 rings (SSSR count). The number of benzene rings is 2. The molecule has 2 aromatic rings. The van der Waals surface area contributed by atoms with E-state index in [1.165, 1.54) is 12.1 Å². The van der Waals surface area contributed by atoms with Gasteiger partial charge in [0.2, 0.25) is 0 Å². The Morgan fingerprint density at radius 3 is 2.71 bits per heavy atom. The van der Waals surface area contributed by atoms with Gasteiger partial charge in [0.05, 0.1) is 17.2 Å². The predicted octanol–water partition coefficient (Wildman–Crippen LogP) is 4.91. The van der Waals surface area contributed by atoms with E-state index in [-0.39, 0.29) is 18.6 Å². The zero-order chi connectivity index (χ0) is 20.3. The number of hydroxylamine groups is 2. The summed E-state index contributed by atoms with van der Waals surface area (Å²) in [6.45, 7) is 5.54. The van der Waals surface area contributed by atoms with Crippen molar-refractivity contribution in [1.29, 1.82) is 5.26 Å². The van der Waals surface area contributed by atoms with E-state index in [1.54, 1.807) is 18.2 Å². The van der Waals surface area contributed by atoms with Crippen LogP contribution in [0.3, 0.4) is 0 Å². The van der Waals surface area contributed by atoms with E-state index < -0.39 is 11.6 Å². The molecule has 0 spiro atoms. The van der Waals surface area contributed by atoms with E-state index in [0.29, 0.717) is 29.3 Å². The van der Waals surface area contributed by atoms with Crippen LogP contribution in [0.1, 0.15) is 31.4 Å². The van der Waals surface area contributed by atoms with Crippen molar-refractivity contribution in [2.45, 2.75) is 38.9 Å². The first-order chi connectivity index (χ1) is 13.4. The smallest absolute Gasteiger partial charge is 0.131 e. The van der Waals surface area contributed by atoms with Gasteiger partial charge in [-0.1, -0.05) is 17.7 Å². The van der Waals surface area contributed by atoms with Crippen LogP contribution in [0.25, 0.3) is 0 Å². The van der Waals surface area contributed by atoms with Crippen LogP contribution in [0.2, 0.25) is 5.02 Å². The molecule has 1 aliphatic rings. The van der Waals surface area contributed by atoms with Gasteiger partial charge in [0.25, 0.3) is 0 Å². The molecule has 0 aromatic heterocycles. The fraction of sp³-hybridized carbons (Fsp3) is 0.381. The van der Waals surface area contributed by atoms with Crippen LogP contribution in [0, 0.1) is 23.0 Å². The van der Waals surface area contributed by atoms with Crippen molar-refractivity contribution in [3.63, 3.8) is 0 Å². The highest BCUT2D eigenvalue weighted by molar-refractivity contribution is 6.32. The van der Waals surface area contributed by atoms with Crippen LogP contribution < -0.4 is 4.90 Å². The summed E-state index contributed by atoms with van der Waals surface area (Å²) in [6.07, 6.45) is 0.754. The molecular formula is C21H22ClF2N3O. The minimum absolute atomic E-state index is 0.0459. The highest BCUT2D eigenvalue weighted by Gasteiger charge is 2.29. The molecule has 0 bridgehead atoms. The van der Waals surface area contributed by atoms with Crippen LogP contribution in [0.4, 0.5) is 14.5 Å². The quantitative estimate of drug-likeness (QED) is 0.708. The number of halogens is 3. The summed E-state index contributed by atoms with van der Waals surface area (Å²) >= 11 is 6.24. The number of nitrogens with zero attached hydrogens (tertiary/aromatic N) is 3. The van der Waals surface area contributed by atoms with Crippen molar-refractivity contribution >= 4 is 17.3 Å². The maximum atomic E-state index is 14.3. The Kier molecular flexibility index (Phi) is 6.50. The molecule has 4 nitrogen and oxygen atoms in total. The molecule has 1 atom stereocenters. The topological polar surface area (TPSA) is 39.5 Å². The van der Waals surface area contributed by atoms with Gasteiger partial charge >= 0.3 is 0 Å². The summed E-state index contributed by atoms with van der Waals surface area (Å²) < 4.78 is 27.6. The van der Waals surface area contributed by atoms with Crippen LogP contribution in [-0.4, -0.2) is 30.3 Å². The molecule has 1 aliphatic heterocycles. The fourth-order valence-electron chi connectivity index (χ4n) is 3.31. The Morgan fingerprint density at radius 2 is 2.07 bits per heavy atom. The molecule has 0 radical (unpaired) electrons. The predicted molar refractivity (Wildman–Crippen MR) is 105 cm³/mol. The van der Waals surface area contributed by atoms with Gasteiger partial charge in [-0.15, -0.1) is 0 Å². The van der Waals surface area contributed by atoms with Gasteiger partial charge in [-0.3, -0.25) is 4.84 Å². The molecule has 0 saturated carbocycles. The van der Waals surface area contributed by atoms with Gasteiger partial charge in [-0.25, -0.2) is 8.78 Å². The third kappa shape index (κ3) is 4.61. The zero-order valence-corrected chi connectivity index (χ0v) is 16.6. The largest absolute Gasteiger partial charge is 0.363 e. The molecule has 1 fully saturated rings. The molecule has 148 valence electrons. The number of hydrogen-bond acceptors (Lipinski definition) is 4. The lowest BCUT2D eigenvalue weighted by atomic mass is 10.1. The van der Waals surface area contributed by atoms with Crippen molar-refractivity contribution in [2.24, 2.45) is 0 Å². The van der Waals surface area contributed by atoms with Gasteiger partial charge in [0, 0.05) is 42.5 Å².